The molecule has 0 radical (unpaired) electrons. The van der Waals surface area contributed by atoms with Gasteiger partial charge in [-0.25, -0.2) is 17.7 Å². The SMILES string of the molecule is COc1ccc(S(=O)(=O)N2C(=O)C(CC(=O)N3CCN(c4nccs4)CC3)(c3ccccc3OC)c3cc(Cl)ccc32)c(OC(F)(F)F)c1. The number of amides is 2. The summed E-state index contributed by atoms with van der Waals surface area (Å²) in [6.45, 7) is 1.53. The molecule has 6 rings (SSSR count). The molecule has 0 N–H and O–H groups in total. The first-order valence-corrected chi connectivity index (χ1v) is 17.4. The largest absolute Gasteiger partial charge is 0.573 e. The number of methoxy groups -OCH3 is 2. The molecule has 1 aromatic heterocycles. The number of nitrogens with zero attached hydrogens (tertiary/aromatic N) is 4. The quantitative estimate of drug-likeness (QED) is 0.220. The minimum absolute atomic E-state index is 0.0552. The van der Waals surface area contributed by atoms with Gasteiger partial charge in [0.15, 0.2) is 10.9 Å². The van der Waals surface area contributed by atoms with Gasteiger partial charge in [0.1, 0.15) is 21.8 Å². The number of anilines is 2. The van der Waals surface area contributed by atoms with Gasteiger partial charge >= 0.3 is 6.36 Å². The number of hydrogen-bond donors (Lipinski definition) is 0. The van der Waals surface area contributed by atoms with Crippen molar-refractivity contribution in [2.45, 2.75) is 23.1 Å². The number of benzene rings is 3. The minimum Gasteiger partial charge on any atom is -0.497 e. The van der Waals surface area contributed by atoms with E-state index in [2.05, 4.69) is 9.72 Å². The fourth-order valence-electron chi connectivity index (χ4n) is 6.18. The van der Waals surface area contributed by atoms with Crippen LogP contribution in [-0.4, -0.2) is 76.9 Å². The molecule has 2 aliphatic rings. The van der Waals surface area contributed by atoms with Crippen LogP contribution in [0.25, 0.3) is 0 Å². The molecule has 0 spiro atoms. The maximum atomic E-state index is 15.0. The van der Waals surface area contributed by atoms with E-state index in [-0.39, 0.29) is 33.3 Å². The van der Waals surface area contributed by atoms with Crippen LogP contribution >= 0.6 is 22.9 Å². The van der Waals surface area contributed by atoms with Crippen LogP contribution in [0, 0.1) is 0 Å². The van der Waals surface area contributed by atoms with Gasteiger partial charge in [-0.2, -0.15) is 0 Å². The maximum absolute atomic E-state index is 15.0. The van der Waals surface area contributed by atoms with Crippen LogP contribution in [0.5, 0.6) is 17.2 Å². The first kappa shape index (κ1) is 34.3. The highest BCUT2D eigenvalue weighted by molar-refractivity contribution is 7.93. The lowest BCUT2D eigenvalue weighted by atomic mass is 9.72. The Labute approximate surface area is 288 Å². The maximum Gasteiger partial charge on any atom is 0.573 e. The van der Waals surface area contributed by atoms with Crippen LogP contribution in [0.4, 0.5) is 24.0 Å². The van der Waals surface area contributed by atoms with Crippen LogP contribution in [0.1, 0.15) is 17.5 Å². The first-order chi connectivity index (χ1) is 23.3. The molecule has 4 aromatic rings. The lowest BCUT2D eigenvalue weighted by Crippen LogP contribution is -2.52. The van der Waals surface area contributed by atoms with Crippen molar-refractivity contribution in [3.8, 4) is 17.2 Å². The Morgan fingerprint density at radius 1 is 0.980 bits per heavy atom. The van der Waals surface area contributed by atoms with Crippen molar-refractivity contribution in [3.05, 3.63) is 88.4 Å². The molecule has 17 heteroatoms. The number of carbonyl (C=O) groups excluding carboxylic acids is 2. The number of para-hydroxylation sites is 1. The van der Waals surface area contributed by atoms with Crippen molar-refractivity contribution in [2.75, 3.05) is 49.6 Å². The molecule has 0 saturated carbocycles. The topological polar surface area (TPSA) is 119 Å². The van der Waals surface area contributed by atoms with Crippen LogP contribution in [0.3, 0.4) is 0 Å². The summed E-state index contributed by atoms with van der Waals surface area (Å²) in [6, 6.07) is 13.1. The zero-order valence-electron chi connectivity index (χ0n) is 25.9. The number of rotatable bonds is 9. The van der Waals surface area contributed by atoms with Gasteiger partial charge < -0.3 is 24.0 Å². The first-order valence-electron chi connectivity index (χ1n) is 14.7. The molecule has 2 amide bonds. The molecule has 49 heavy (non-hydrogen) atoms. The van der Waals surface area contributed by atoms with Gasteiger partial charge in [0, 0.05) is 60.8 Å². The van der Waals surface area contributed by atoms with Crippen molar-refractivity contribution >= 4 is 55.6 Å². The lowest BCUT2D eigenvalue weighted by Gasteiger charge is -2.37. The number of sulfonamides is 1. The van der Waals surface area contributed by atoms with E-state index >= 15 is 4.79 Å². The third-order valence-corrected chi connectivity index (χ3v) is 11.2. The van der Waals surface area contributed by atoms with Crippen molar-refractivity contribution < 1.29 is 45.4 Å². The summed E-state index contributed by atoms with van der Waals surface area (Å²) < 4.78 is 84.6. The molecule has 3 heterocycles. The summed E-state index contributed by atoms with van der Waals surface area (Å²) in [4.78, 5) is 36.2. The minimum atomic E-state index is -5.28. The smallest absolute Gasteiger partial charge is 0.497 e. The second-order valence-corrected chi connectivity index (χ2v) is 14.1. The van der Waals surface area contributed by atoms with Crippen molar-refractivity contribution in [3.63, 3.8) is 0 Å². The van der Waals surface area contributed by atoms with Gasteiger partial charge in [0.05, 0.1) is 19.9 Å². The van der Waals surface area contributed by atoms with Crippen molar-refractivity contribution in [1.29, 1.82) is 0 Å². The number of alkyl halides is 3. The van der Waals surface area contributed by atoms with Gasteiger partial charge in [-0.1, -0.05) is 29.8 Å². The lowest BCUT2D eigenvalue weighted by molar-refractivity contribution is -0.275. The van der Waals surface area contributed by atoms with Gasteiger partial charge in [-0.3, -0.25) is 9.59 Å². The van der Waals surface area contributed by atoms with Gasteiger partial charge in [-0.15, -0.1) is 24.5 Å². The van der Waals surface area contributed by atoms with E-state index in [1.807, 2.05) is 10.3 Å². The molecular weight excluding hydrogens is 709 g/mol. The van der Waals surface area contributed by atoms with E-state index in [0.717, 1.165) is 23.3 Å². The van der Waals surface area contributed by atoms with Gasteiger partial charge in [-0.05, 0) is 42.0 Å². The summed E-state index contributed by atoms with van der Waals surface area (Å²) >= 11 is 7.91. The average molecular weight is 737 g/mol. The Bertz CT molecular complexity index is 2010. The summed E-state index contributed by atoms with van der Waals surface area (Å²) in [7, 11) is -2.61. The zero-order valence-corrected chi connectivity index (χ0v) is 28.3. The van der Waals surface area contributed by atoms with Crippen LogP contribution in [0.15, 0.2) is 77.1 Å². The molecule has 2 aliphatic heterocycles. The third-order valence-electron chi connectivity index (χ3n) is 8.39. The molecule has 0 bridgehead atoms. The summed E-state index contributed by atoms with van der Waals surface area (Å²) in [6.07, 6.45) is -4.14. The van der Waals surface area contributed by atoms with E-state index in [0.29, 0.717) is 30.5 Å². The van der Waals surface area contributed by atoms with E-state index in [1.54, 1.807) is 29.3 Å². The van der Waals surface area contributed by atoms with E-state index in [9.17, 15) is 26.4 Å². The molecule has 3 aromatic carbocycles. The molecule has 258 valence electrons. The predicted octanol–water partition coefficient (Wildman–Crippen LogP) is 5.47. The second kappa shape index (κ2) is 13.1. The summed E-state index contributed by atoms with van der Waals surface area (Å²) in [5.41, 5.74) is -2.00. The van der Waals surface area contributed by atoms with Gasteiger partial charge in [0.25, 0.3) is 15.9 Å². The zero-order chi connectivity index (χ0) is 35.1. The fourth-order valence-corrected chi connectivity index (χ4v) is 8.63. The van der Waals surface area contributed by atoms with E-state index in [4.69, 9.17) is 21.1 Å². The second-order valence-electron chi connectivity index (χ2n) is 11.1. The normalized spacial score (nSPS) is 18.0. The third kappa shape index (κ3) is 6.24. The highest BCUT2D eigenvalue weighted by atomic mass is 35.5. The van der Waals surface area contributed by atoms with E-state index in [1.165, 1.54) is 49.8 Å². The summed E-state index contributed by atoms with van der Waals surface area (Å²) in [5, 5.41) is 2.78. The van der Waals surface area contributed by atoms with Crippen LogP contribution in [0.2, 0.25) is 5.02 Å². The fraction of sp³-hybridized carbons (Fsp3) is 0.281. The highest BCUT2D eigenvalue weighted by Gasteiger charge is 2.59. The Morgan fingerprint density at radius 3 is 2.37 bits per heavy atom. The summed E-state index contributed by atoms with van der Waals surface area (Å²) in [5.74, 6) is -2.64. The Morgan fingerprint density at radius 2 is 1.71 bits per heavy atom. The monoisotopic (exact) mass is 736 g/mol. The number of ether oxygens (including phenoxy) is 3. The van der Waals surface area contributed by atoms with Crippen molar-refractivity contribution in [1.82, 2.24) is 9.88 Å². The number of thiazole rings is 1. The predicted molar refractivity (Wildman–Crippen MR) is 175 cm³/mol. The number of aromatic nitrogens is 1. The number of fused-ring (bicyclic) bond motifs is 1. The average Bonchev–Trinajstić information content (AvgIpc) is 3.70. The number of carbonyl (C=O) groups is 2. The van der Waals surface area contributed by atoms with Crippen molar-refractivity contribution in [2.24, 2.45) is 0 Å². The van der Waals surface area contributed by atoms with Gasteiger partial charge in [0.2, 0.25) is 5.91 Å². The van der Waals surface area contributed by atoms with Crippen LogP contribution in [-0.2, 0) is 25.0 Å². The molecule has 0 aliphatic carbocycles. The molecule has 11 nitrogen and oxygen atoms in total. The van der Waals surface area contributed by atoms with E-state index < -0.39 is 50.7 Å². The molecule has 1 unspecified atom stereocenters. The Kier molecular flexibility index (Phi) is 9.15. The molecule has 1 fully saturated rings. The van der Waals surface area contributed by atoms with Crippen LogP contribution < -0.4 is 23.4 Å². The Hall–Kier alpha value is -4.54. The number of hydrogen-bond acceptors (Lipinski definition) is 10. The standard InChI is InChI=1S/C32H28ClF3N4O7S2/c1-45-21-8-10-27(26(18-21)47-32(34,35)36)49(43,44)40-24-9-7-20(33)17-23(24)31(29(40)42,22-5-3-4-6-25(22)46-2)19-28(41)38-12-14-39(15-13-38)30-37-11-16-48-30/h3-11,16-18H,12-15,19H2,1-2H3. The Balaban J connectivity index is 1.49. The molecule has 1 saturated heterocycles. The number of halogens is 4. The molecule has 1 atom stereocenters. The highest BCUT2D eigenvalue weighted by Crippen LogP contribution is 2.54. The molecular formula is C32H28ClF3N4O7S2. The number of piperazine rings is 1.